The lowest BCUT2D eigenvalue weighted by Gasteiger charge is -2.47. The van der Waals surface area contributed by atoms with Crippen LogP contribution in [0.15, 0.2) is 53.4 Å². The van der Waals surface area contributed by atoms with Crippen molar-refractivity contribution in [3.05, 3.63) is 65.2 Å². The maximum Gasteiger partial charge on any atom is 0.243 e. The summed E-state index contributed by atoms with van der Waals surface area (Å²) in [7, 11) is -1.49. The van der Waals surface area contributed by atoms with Crippen molar-refractivity contribution in [3.8, 4) is 6.07 Å². The summed E-state index contributed by atoms with van der Waals surface area (Å²) < 4.78 is 28.3. The molecule has 140 valence electrons. The summed E-state index contributed by atoms with van der Waals surface area (Å²) in [5.74, 6) is 0. The van der Waals surface area contributed by atoms with Crippen molar-refractivity contribution in [1.82, 2.24) is 9.21 Å². The van der Waals surface area contributed by atoms with Gasteiger partial charge >= 0.3 is 0 Å². The lowest BCUT2D eigenvalue weighted by Crippen LogP contribution is -2.52. The minimum absolute atomic E-state index is 0.124. The minimum atomic E-state index is -3.61. The first kappa shape index (κ1) is 18.2. The smallest absolute Gasteiger partial charge is 0.243 e. The number of benzene rings is 2. The Labute approximate surface area is 160 Å². The van der Waals surface area contributed by atoms with E-state index in [2.05, 4.69) is 30.1 Å². The zero-order valence-electron chi connectivity index (χ0n) is 15.4. The van der Waals surface area contributed by atoms with Gasteiger partial charge in [0.05, 0.1) is 16.5 Å². The van der Waals surface area contributed by atoms with Crippen LogP contribution < -0.4 is 0 Å². The number of hydrogen-bond acceptors (Lipinski definition) is 4. The molecule has 0 aromatic heterocycles. The highest BCUT2D eigenvalue weighted by Crippen LogP contribution is 2.42. The predicted octanol–water partition coefficient (Wildman–Crippen LogP) is 2.73. The molecule has 0 saturated carbocycles. The average Bonchev–Trinajstić information content (AvgIpc) is 2.70. The molecule has 0 unspecified atom stereocenters. The van der Waals surface area contributed by atoms with Gasteiger partial charge in [0.15, 0.2) is 0 Å². The second kappa shape index (κ2) is 6.75. The fourth-order valence-electron chi connectivity index (χ4n) is 4.34. The van der Waals surface area contributed by atoms with Gasteiger partial charge < -0.3 is 4.90 Å². The fourth-order valence-corrected chi connectivity index (χ4v) is 5.84. The van der Waals surface area contributed by atoms with Crippen LogP contribution >= 0.6 is 0 Å². The molecule has 6 heteroatoms. The largest absolute Gasteiger partial charge is 0.306 e. The van der Waals surface area contributed by atoms with Crippen molar-refractivity contribution in [2.45, 2.75) is 29.7 Å². The third-order valence-electron chi connectivity index (χ3n) is 5.98. The highest BCUT2D eigenvalue weighted by molar-refractivity contribution is 7.89. The third-order valence-corrected chi connectivity index (χ3v) is 7.79. The van der Waals surface area contributed by atoms with E-state index in [1.165, 1.54) is 17.7 Å². The Morgan fingerprint density at radius 1 is 1.04 bits per heavy atom. The molecule has 5 nitrogen and oxygen atoms in total. The zero-order chi connectivity index (χ0) is 19.1. The predicted molar refractivity (Wildman–Crippen MR) is 104 cm³/mol. The van der Waals surface area contributed by atoms with Crippen LogP contribution in [-0.2, 0) is 22.0 Å². The molecule has 0 radical (unpaired) electrons. The monoisotopic (exact) mass is 381 g/mol. The van der Waals surface area contributed by atoms with Crippen LogP contribution in [0.4, 0.5) is 0 Å². The summed E-state index contributed by atoms with van der Waals surface area (Å²) in [4.78, 5) is 2.56. The molecule has 1 fully saturated rings. The number of rotatable bonds is 2. The standard InChI is InChI=1S/C21H23N3O2S/c1-23-12-10-21(11-13-23)16-24(15-18-4-2-3-5-20(18)21)27(25,26)19-8-6-17(14-22)7-9-19/h2-9H,10-13,15-16H2,1H3. The topological polar surface area (TPSA) is 64.4 Å². The number of fused-ring (bicyclic) bond motifs is 2. The van der Waals surface area contributed by atoms with Gasteiger partial charge in [0.25, 0.3) is 0 Å². The van der Waals surface area contributed by atoms with Gasteiger partial charge in [-0.15, -0.1) is 0 Å². The van der Waals surface area contributed by atoms with Crippen LogP contribution in [0.3, 0.4) is 0 Å². The number of likely N-dealkylation sites (tertiary alicyclic amines) is 1. The van der Waals surface area contributed by atoms with Crippen molar-refractivity contribution in [1.29, 1.82) is 5.26 Å². The molecule has 2 aromatic rings. The molecule has 1 saturated heterocycles. The first-order valence-electron chi connectivity index (χ1n) is 9.22. The fraction of sp³-hybridized carbons (Fsp3) is 0.381. The SMILES string of the molecule is CN1CCC2(CC1)CN(S(=O)(=O)c1ccc(C#N)cc1)Cc1ccccc12. The molecule has 27 heavy (non-hydrogen) atoms. The first-order valence-corrected chi connectivity index (χ1v) is 10.7. The third kappa shape index (κ3) is 3.16. The van der Waals surface area contributed by atoms with Gasteiger partial charge in [-0.2, -0.15) is 9.57 Å². The van der Waals surface area contributed by atoms with E-state index in [0.29, 0.717) is 18.7 Å². The van der Waals surface area contributed by atoms with Gasteiger partial charge in [0, 0.05) is 18.5 Å². The summed E-state index contributed by atoms with van der Waals surface area (Å²) >= 11 is 0. The molecule has 1 spiro atoms. The molecule has 4 rings (SSSR count). The molecule has 2 heterocycles. The second-order valence-electron chi connectivity index (χ2n) is 7.65. The van der Waals surface area contributed by atoms with Crippen molar-refractivity contribution in [3.63, 3.8) is 0 Å². The van der Waals surface area contributed by atoms with E-state index < -0.39 is 10.0 Å². The van der Waals surface area contributed by atoms with Gasteiger partial charge in [-0.05, 0) is 68.4 Å². The van der Waals surface area contributed by atoms with E-state index in [1.807, 2.05) is 12.1 Å². The Bertz CT molecular complexity index is 985. The second-order valence-corrected chi connectivity index (χ2v) is 9.59. The lowest BCUT2D eigenvalue weighted by atomic mass is 9.69. The number of piperidine rings is 1. The highest BCUT2D eigenvalue weighted by Gasteiger charge is 2.44. The summed E-state index contributed by atoms with van der Waals surface area (Å²) in [6.45, 7) is 2.86. The quantitative estimate of drug-likeness (QED) is 0.802. The van der Waals surface area contributed by atoms with Crippen LogP contribution in [0.25, 0.3) is 0 Å². The van der Waals surface area contributed by atoms with Crippen molar-refractivity contribution >= 4 is 10.0 Å². The van der Waals surface area contributed by atoms with Crippen LogP contribution in [0.5, 0.6) is 0 Å². The van der Waals surface area contributed by atoms with Crippen molar-refractivity contribution < 1.29 is 8.42 Å². The molecule has 0 bridgehead atoms. The van der Waals surface area contributed by atoms with Gasteiger partial charge in [-0.1, -0.05) is 24.3 Å². The van der Waals surface area contributed by atoms with Crippen molar-refractivity contribution in [2.75, 3.05) is 26.7 Å². The van der Waals surface area contributed by atoms with E-state index in [-0.39, 0.29) is 10.3 Å². The Hall–Kier alpha value is -2.20. The van der Waals surface area contributed by atoms with Gasteiger partial charge in [-0.25, -0.2) is 8.42 Å². The molecular weight excluding hydrogens is 358 g/mol. The number of hydrogen-bond donors (Lipinski definition) is 0. The molecule has 0 aliphatic carbocycles. The van der Waals surface area contributed by atoms with Gasteiger partial charge in [-0.3, -0.25) is 0 Å². The first-order chi connectivity index (χ1) is 12.9. The Kier molecular flexibility index (Phi) is 4.55. The summed E-state index contributed by atoms with van der Waals surface area (Å²) in [5, 5.41) is 8.96. The van der Waals surface area contributed by atoms with Crippen LogP contribution in [0.1, 0.15) is 29.5 Å². The maximum absolute atomic E-state index is 13.3. The molecular formula is C21H23N3O2S. The normalized spacial score (nSPS) is 20.1. The molecule has 2 aliphatic rings. The van der Waals surface area contributed by atoms with Crippen molar-refractivity contribution in [2.24, 2.45) is 0 Å². The van der Waals surface area contributed by atoms with E-state index in [1.54, 1.807) is 16.4 Å². The summed E-state index contributed by atoms with van der Waals surface area (Å²) in [5.41, 5.74) is 2.75. The Morgan fingerprint density at radius 2 is 1.70 bits per heavy atom. The van der Waals surface area contributed by atoms with E-state index in [4.69, 9.17) is 5.26 Å². The van der Waals surface area contributed by atoms with Crippen LogP contribution in [0.2, 0.25) is 0 Å². The zero-order valence-corrected chi connectivity index (χ0v) is 16.2. The molecule has 0 atom stereocenters. The van der Waals surface area contributed by atoms with Gasteiger partial charge in [0.2, 0.25) is 10.0 Å². The van der Waals surface area contributed by atoms with E-state index >= 15 is 0 Å². The van der Waals surface area contributed by atoms with Gasteiger partial charge in [0.1, 0.15) is 0 Å². The molecule has 0 amide bonds. The number of nitrogens with zero attached hydrogens (tertiary/aromatic N) is 3. The minimum Gasteiger partial charge on any atom is -0.306 e. The van der Waals surface area contributed by atoms with E-state index in [0.717, 1.165) is 31.5 Å². The Balaban J connectivity index is 1.73. The summed E-state index contributed by atoms with van der Waals surface area (Å²) in [6, 6.07) is 16.5. The molecule has 2 aliphatic heterocycles. The highest BCUT2D eigenvalue weighted by atomic mass is 32.2. The van der Waals surface area contributed by atoms with E-state index in [9.17, 15) is 8.42 Å². The lowest BCUT2D eigenvalue weighted by molar-refractivity contribution is 0.148. The van der Waals surface area contributed by atoms with Crippen LogP contribution in [-0.4, -0.2) is 44.3 Å². The number of nitriles is 1. The Morgan fingerprint density at radius 3 is 2.37 bits per heavy atom. The molecule has 2 aromatic carbocycles. The number of sulfonamides is 1. The summed E-state index contributed by atoms with van der Waals surface area (Å²) in [6.07, 6.45) is 1.92. The maximum atomic E-state index is 13.3. The van der Waals surface area contributed by atoms with Crippen LogP contribution in [0, 0.1) is 11.3 Å². The average molecular weight is 382 g/mol. The molecule has 0 N–H and O–H groups in total.